The normalized spacial score (nSPS) is 15.6. The van der Waals surface area contributed by atoms with Crippen LogP contribution in [-0.4, -0.2) is 41.7 Å². The molecule has 156 valence electrons. The highest BCUT2D eigenvalue weighted by Gasteiger charge is 2.80. The second kappa shape index (κ2) is 7.41. The molecule has 0 bridgehead atoms. The van der Waals surface area contributed by atoms with Crippen LogP contribution in [0.15, 0.2) is 12.1 Å². The fraction of sp³-hybridized carbons (Fsp3) is 0.625. The molecule has 0 fully saturated rings. The highest BCUT2D eigenvalue weighted by atomic mass is 19.4. The Hall–Kier alpha value is -1.85. The summed E-state index contributed by atoms with van der Waals surface area (Å²) in [6.45, 7) is 0. The van der Waals surface area contributed by atoms with Crippen LogP contribution in [0.2, 0.25) is 0 Å². The van der Waals surface area contributed by atoms with Crippen molar-refractivity contribution in [2.45, 2.75) is 30.4 Å². The molecule has 0 aliphatic heterocycles. The van der Waals surface area contributed by atoms with Gasteiger partial charge in [-0.15, -0.1) is 0 Å². The molecule has 0 spiro atoms. The lowest BCUT2D eigenvalue weighted by atomic mass is 10.2. The largest absolute Gasteiger partial charge is 0.471 e. The van der Waals surface area contributed by atoms with Gasteiger partial charge in [-0.2, -0.15) is 61.5 Å². The van der Waals surface area contributed by atoms with Gasteiger partial charge >= 0.3 is 48.3 Å². The van der Waals surface area contributed by atoms with Crippen LogP contribution < -0.4 is 0 Å². The van der Waals surface area contributed by atoms with Gasteiger partial charge in [0, 0.05) is 0 Å². The Morgan fingerprint density at radius 1 is 0.731 bits per heavy atom. The number of Topliss-reactive ketones (excluding diaryl/α,β-unsaturated/α-hetero) is 1. The van der Waals surface area contributed by atoms with E-state index in [1.807, 2.05) is 4.74 Å². The van der Waals surface area contributed by atoms with E-state index in [0.29, 0.717) is 0 Å². The molecule has 0 rings (SSSR count). The Bertz CT molecular complexity index is 544. The van der Waals surface area contributed by atoms with Gasteiger partial charge in [0.1, 0.15) is 0 Å². The minimum atomic E-state index is -7.42. The van der Waals surface area contributed by atoms with Crippen molar-refractivity contribution in [1.29, 1.82) is 0 Å². The van der Waals surface area contributed by atoms with E-state index < -0.39 is 48.3 Å². The molecular formula is C8H2F14O4. The van der Waals surface area contributed by atoms with Gasteiger partial charge < -0.3 is 10.2 Å². The number of carbonyl (C=O) groups is 1. The first-order chi connectivity index (χ1) is 10.7. The lowest BCUT2D eigenvalue weighted by Crippen LogP contribution is -2.62. The fourth-order valence-corrected chi connectivity index (χ4v) is 0.887. The Kier molecular flexibility index (Phi) is 7.52. The first-order valence-corrected chi connectivity index (χ1v) is 4.92. The second-order valence-corrected chi connectivity index (χ2v) is 3.69. The monoisotopic (exact) mass is 428 g/mol. The van der Waals surface area contributed by atoms with E-state index in [0.717, 1.165) is 0 Å². The van der Waals surface area contributed by atoms with E-state index >= 15 is 0 Å². The topological polar surface area (TPSA) is 67.0 Å². The average molecular weight is 428 g/mol. The Balaban J connectivity index is 0. The van der Waals surface area contributed by atoms with Crippen LogP contribution in [-0.2, 0) is 14.3 Å². The molecule has 4 nitrogen and oxygen atoms in total. The number of rotatable bonds is 6. The maximum atomic E-state index is 13.3. The summed E-state index contributed by atoms with van der Waals surface area (Å²) in [5, 5.41) is 0. The summed E-state index contributed by atoms with van der Waals surface area (Å²) >= 11 is 0. The number of carbonyl (C=O) groups excluding carboxylic acids is 1. The zero-order valence-electron chi connectivity index (χ0n) is 11.0. The Labute approximate surface area is 131 Å². The van der Waals surface area contributed by atoms with Crippen LogP contribution in [0.3, 0.4) is 0 Å². The summed E-state index contributed by atoms with van der Waals surface area (Å²) < 4.78 is 175. The number of ether oxygens (including phenoxy) is 2. The van der Waals surface area contributed by atoms with Gasteiger partial charge in [0.2, 0.25) is 0 Å². The Morgan fingerprint density at radius 2 is 1.12 bits per heavy atom. The summed E-state index contributed by atoms with van der Waals surface area (Å²) in [7, 11) is 0. The third-order valence-corrected chi connectivity index (χ3v) is 1.90. The maximum Gasteiger partial charge on any atom is 0.471 e. The standard InChI is InChI=1S/C8F14O3.H2O/c9-1(10)2(11)24-8(21,22)6(17,7(18,19)20)25-5(15,16)3(23)4(12,13)14;/h;1H2. The van der Waals surface area contributed by atoms with Crippen LogP contribution in [0.1, 0.15) is 0 Å². The minimum absolute atomic E-state index is 0. The molecule has 26 heavy (non-hydrogen) atoms. The van der Waals surface area contributed by atoms with Gasteiger partial charge in [0.15, 0.2) is 0 Å². The molecule has 0 aliphatic rings. The van der Waals surface area contributed by atoms with Crippen LogP contribution in [0.25, 0.3) is 0 Å². The Morgan fingerprint density at radius 3 is 1.38 bits per heavy atom. The van der Waals surface area contributed by atoms with Crippen molar-refractivity contribution in [3.8, 4) is 0 Å². The first kappa shape index (κ1) is 26.4. The second-order valence-electron chi connectivity index (χ2n) is 3.69. The molecule has 0 heterocycles. The predicted octanol–water partition coefficient (Wildman–Crippen LogP) is 3.78. The highest BCUT2D eigenvalue weighted by molar-refractivity contribution is 5.89. The first-order valence-electron chi connectivity index (χ1n) is 4.92. The smallest absolute Gasteiger partial charge is 0.412 e. The lowest BCUT2D eigenvalue weighted by molar-refractivity contribution is -0.490. The molecule has 0 radical (unpaired) electrons. The van der Waals surface area contributed by atoms with Gasteiger partial charge in [0.05, 0.1) is 0 Å². The predicted molar refractivity (Wildman–Crippen MR) is 47.0 cm³/mol. The van der Waals surface area contributed by atoms with Crippen molar-refractivity contribution in [3.63, 3.8) is 0 Å². The summed E-state index contributed by atoms with van der Waals surface area (Å²) in [5.41, 5.74) is 0. The molecule has 0 aromatic heterocycles. The van der Waals surface area contributed by atoms with E-state index in [9.17, 15) is 66.3 Å². The minimum Gasteiger partial charge on any atom is -0.412 e. The van der Waals surface area contributed by atoms with Crippen LogP contribution in [0, 0.1) is 0 Å². The van der Waals surface area contributed by atoms with Gasteiger partial charge in [-0.25, -0.2) is 0 Å². The summed E-state index contributed by atoms with van der Waals surface area (Å²) in [4.78, 5) is 10.1. The number of halogens is 14. The maximum absolute atomic E-state index is 13.3. The molecular weight excluding hydrogens is 426 g/mol. The zero-order chi connectivity index (χ0) is 20.6. The van der Waals surface area contributed by atoms with Crippen LogP contribution in [0.5, 0.6) is 0 Å². The molecule has 1 unspecified atom stereocenters. The van der Waals surface area contributed by atoms with E-state index in [1.54, 1.807) is 4.74 Å². The summed E-state index contributed by atoms with van der Waals surface area (Å²) in [6.07, 6.45) is -32.1. The number of ketones is 1. The molecule has 18 heteroatoms. The van der Waals surface area contributed by atoms with Crippen LogP contribution >= 0.6 is 0 Å². The van der Waals surface area contributed by atoms with E-state index in [1.165, 1.54) is 0 Å². The van der Waals surface area contributed by atoms with Gasteiger partial charge in [-0.05, 0) is 0 Å². The van der Waals surface area contributed by atoms with Crippen molar-refractivity contribution in [3.05, 3.63) is 12.1 Å². The fourth-order valence-electron chi connectivity index (χ4n) is 0.887. The molecule has 0 aromatic carbocycles. The molecule has 0 aromatic rings. The molecule has 2 N–H and O–H groups in total. The van der Waals surface area contributed by atoms with Crippen LogP contribution in [0.4, 0.5) is 61.5 Å². The van der Waals surface area contributed by atoms with Crippen molar-refractivity contribution in [1.82, 2.24) is 0 Å². The summed E-state index contributed by atoms with van der Waals surface area (Å²) in [5.74, 6) is -11.9. The third kappa shape index (κ3) is 5.32. The summed E-state index contributed by atoms with van der Waals surface area (Å²) in [6, 6.07) is -3.90. The van der Waals surface area contributed by atoms with Gasteiger partial charge in [0.25, 0.3) is 0 Å². The average Bonchev–Trinajstić information content (AvgIpc) is 2.33. The van der Waals surface area contributed by atoms with E-state index in [-0.39, 0.29) is 5.48 Å². The van der Waals surface area contributed by atoms with E-state index in [4.69, 9.17) is 0 Å². The quantitative estimate of drug-likeness (QED) is 0.478. The number of hydrogen-bond donors (Lipinski definition) is 0. The van der Waals surface area contributed by atoms with Gasteiger partial charge in [-0.3, -0.25) is 9.53 Å². The van der Waals surface area contributed by atoms with Crippen molar-refractivity contribution in [2.24, 2.45) is 0 Å². The molecule has 0 saturated heterocycles. The molecule has 0 amide bonds. The number of hydrogen-bond acceptors (Lipinski definition) is 3. The molecule has 0 aliphatic carbocycles. The van der Waals surface area contributed by atoms with Crippen molar-refractivity contribution < 1.29 is 81.2 Å². The van der Waals surface area contributed by atoms with Crippen molar-refractivity contribution in [2.75, 3.05) is 0 Å². The molecule has 1 atom stereocenters. The van der Waals surface area contributed by atoms with E-state index in [2.05, 4.69) is 0 Å². The number of alkyl halides is 11. The zero-order valence-corrected chi connectivity index (χ0v) is 11.0. The van der Waals surface area contributed by atoms with Gasteiger partial charge in [-0.1, -0.05) is 0 Å². The third-order valence-electron chi connectivity index (χ3n) is 1.90. The highest BCUT2D eigenvalue weighted by Crippen LogP contribution is 2.51. The SMILES string of the molecule is O.O=C(C(F)(F)F)C(F)(F)OC(F)(C(F)(F)F)C(F)(F)OC(F)=C(F)F. The molecule has 0 saturated carbocycles. The lowest BCUT2D eigenvalue weighted by Gasteiger charge is -2.34. The van der Waals surface area contributed by atoms with Crippen molar-refractivity contribution >= 4 is 5.78 Å².